The third-order valence-electron chi connectivity index (χ3n) is 10.6. The van der Waals surface area contributed by atoms with E-state index in [1.54, 1.807) is 27.0 Å². The minimum absolute atomic E-state index is 0.0187. The van der Waals surface area contributed by atoms with E-state index in [-0.39, 0.29) is 44.1 Å². The molecule has 18 heteroatoms. The summed E-state index contributed by atoms with van der Waals surface area (Å²) in [4.78, 5) is 92.0. The quantitative estimate of drug-likeness (QED) is 0.0452. The second kappa shape index (κ2) is 22.2. The minimum Gasteiger partial charge on any atom is -0.480 e. The Bertz CT molecular complexity index is 1790. The van der Waals surface area contributed by atoms with Crippen LogP contribution in [0.1, 0.15) is 91.5 Å². The number of benzene rings is 1. The summed E-state index contributed by atoms with van der Waals surface area (Å²) < 4.78 is 0. The number of carboxylic acids is 1. The van der Waals surface area contributed by atoms with E-state index in [4.69, 9.17) is 22.9 Å². The molecule has 1 saturated heterocycles. The molecule has 0 bridgehead atoms. The molecule has 328 valence electrons. The molecule has 0 radical (unpaired) electrons. The monoisotopic (exact) mass is 826 g/mol. The molecule has 0 unspecified atom stereocenters. The highest BCUT2D eigenvalue weighted by molar-refractivity contribution is 5.97. The van der Waals surface area contributed by atoms with Crippen molar-refractivity contribution in [2.24, 2.45) is 39.3 Å². The Kier molecular flexibility index (Phi) is 18.1. The van der Waals surface area contributed by atoms with Gasteiger partial charge in [0.05, 0.1) is 6.04 Å². The van der Waals surface area contributed by atoms with Gasteiger partial charge in [0.2, 0.25) is 29.5 Å². The van der Waals surface area contributed by atoms with E-state index in [0.29, 0.717) is 45.2 Å². The highest BCUT2D eigenvalue weighted by atomic mass is 16.4. The number of hydrogen-bond donors (Lipinski definition) is 9. The van der Waals surface area contributed by atoms with Crippen LogP contribution in [0, 0.1) is 11.3 Å². The van der Waals surface area contributed by atoms with E-state index < -0.39 is 77.2 Å². The summed E-state index contributed by atoms with van der Waals surface area (Å²) in [5.41, 5.74) is 23.3. The molecule has 2 aromatic rings. The number of likely N-dealkylation sites (N-methyl/N-ethyl adjacent to an activating group) is 1. The highest BCUT2D eigenvalue weighted by Gasteiger charge is 2.42. The number of carbonyl (C=O) groups excluding carboxylic acids is 5. The normalized spacial score (nSPS) is 16.8. The number of carbonyl (C=O) groups is 6. The molecule has 1 aromatic heterocycles. The number of aromatic nitrogens is 1. The number of hydrogen-bond acceptors (Lipinski definition) is 9. The largest absolute Gasteiger partial charge is 0.480 e. The van der Waals surface area contributed by atoms with Gasteiger partial charge in [0.25, 0.3) is 0 Å². The lowest BCUT2D eigenvalue weighted by Crippen LogP contribution is -2.61. The predicted octanol–water partition coefficient (Wildman–Crippen LogP) is 0.670. The molecule has 0 aliphatic carbocycles. The SMILES string of the molecule is CC(C)C[C@@H](C(=O)O)N(C)C(=O)[C@@H](NC(=O)[C@H](Cc1c[nH]c2ccccc12)NC(=O)[C@@H]1CCCN1C(=O)[C@H](CCCCN)NC(=O)[C@@H](N)CCCN=C(N)N)C(C)(C)C. The Labute approximate surface area is 347 Å². The maximum atomic E-state index is 14.4. The summed E-state index contributed by atoms with van der Waals surface area (Å²) in [5, 5.41) is 19.4. The average molecular weight is 826 g/mol. The number of aliphatic imine (C=N–C) groups is 1. The van der Waals surface area contributed by atoms with Crippen LogP contribution in [0.5, 0.6) is 0 Å². The average Bonchev–Trinajstić information content (AvgIpc) is 3.83. The van der Waals surface area contributed by atoms with Crippen molar-refractivity contribution >= 4 is 52.4 Å². The lowest BCUT2D eigenvalue weighted by atomic mass is 9.85. The fraction of sp³-hybridized carbons (Fsp3) is 0.634. The number of unbranched alkanes of at least 4 members (excludes halogenated alkanes) is 1. The summed E-state index contributed by atoms with van der Waals surface area (Å²) in [6, 6.07) is 1.17. The Morgan fingerprint density at radius 1 is 0.983 bits per heavy atom. The third kappa shape index (κ3) is 13.9. The van der Waals surface area contributed by atoms with Gasteiger partial charge < -0.3 is 58.8 Å². The van der Waals surface area contributed by atoms with E-state index in [2.05, 4.69) is 25.9 Å². The zero-order valence-corrected chi connectivity index (χ0v) is 35.5. The number of fused-ring (bicyclic) bond motifs is 1. The molecular formula is C41H67N11O7. The summed E-state index contributed by atoms with van der Waals surface area (Å²) in [6.07, 6.45) is 4.97. The van der Waals surface area contributed by atoms with E-state index in [9.17, 15) is 33.9 Å². The number of nitrogens with two attached hydrogens (primary N) is 4. The number of nitrogens with one attached hydrogen (secondary N) is 4. The van der Waals surface area contributed by atoms with Crippen molar-refractivity contribution < 1.29 is 33.9 Å². The van der Waals surface area contributed by atoms with Crippen molar-refractivity contribution in [3.8, 4) is 0 Å². The molecule has 18 nitrogen and oxygen atoms in total. The Morgan fingerprint density at radius 3 is 2.31 bits per heavy atom. The molecule has 2 heterocycles. The second-order valence-corrected chi connectivity index (χ2v) is 17.0. The zero-order valence-electron chi connectivity index (χ0n) is 35.5. The number of carboxylic acid groups (broad SMARTS) is 1. The van der Waals surface area contributed by atoms with Crippen LogP contribution in [-0.2, 0) is 35.2 Å². The van der Waals surface area contributed by atoms with Gasteiger partial charge in [-0.1, -0.05) is 52.8 Å². The molecule has 13 N–H and O–H groups in total. The molecule has 0 saturated carbocycles. The fourth-order valence-electron chi connectivity index (χ4n) is 7.30. The maximum Gasteiger partial charge on any atom is 0.326 e. The Balaban J connectivity index is 1.90. The van der Waals surface area contributed by atoms with Gasteiger partial charge in [-0.05, 0) is 80.9 Å². The number of rotatable bonds is 22. The Morgan fingerprint density at radius 2 is 1.68 bits per heavy atom. The van der Waals surface area contributed by atoms with Gasteiger partial charge in [0.1, 0.15) is 30.2 Å². The lowest BCUT2D eigenvalue weighted by molar-refractivity contribution is -0.152. The van der Waals surface area contributed by atoms with Crippen LogP contribution in [0.15, 0.2) is 35.5 Å². The first-order valence-electron chi connectivity index (χ1n) is 20.5. The van der Waals surface area contributed by atoms with Gasteiger partial charge in [-0.15, -0.1) is 0 Å². The van der Waals surface area contributed by atoms with Crippen LogP contribution >= 0.6 is 0 Å². The number of likely N-dealkylation sites (tertiary alicyclic amines) is 1. The molecule has 1 aliphatic rings. The number of amides is 5. The van der Waals surface area contributed by atoms with Gasteiger partial charge in [0.15, 0.2) is 5.96 Å². The first-order valence-corrected chi connectivity index (χ1v) is 20.5. The summed E-state index contributed by atoms with van der Waals surface area (Å²) in [5.74, 6) is -4.02. The molecule has 1 aliphatic heterocycles. The minimum atomic E-state index is -1.20. The van der Waals surface area contributed by atoms with E-state index in [1.165, 1.54) is 11.9 Å². The van der Waals surface area contributed by atoms with Crippen LogP contribution in [0.2, 0.25) is 0 Å². The van der Waals surface area contributed by atoms with Crippen LogP contribution in [0.3, 0.4) is 0 Å². The van der Waals surface area contributed by atoms with Crippen molar-refractivity contribution in [1.82, 2.24) is 30.7 Å². The van der Waals surface area contributed by atoms with Crippen molar-refractivity contribution in [2.75, 3.05) is 26.7 Å². The molecule has 6 atom stereocenters. The number of aliphatic carboxylic acids is 1. The fourth-order valence-corrected chi connectivity index (χ4v) is 7.30. The lowest BCUT2D eigenvalue weighted by Gasteiger charge is -2.37. The zero-order chi connectivity index (χ0) is 44.0. The van der Waals surface area contributed by atoms with Crippen molar-refractivity contribution in [2.45, 2.75) is 129 Å². The van der Waals surface area contributed by atoms with Crippen molar-refractivity contribution in [3.63, 3.8) is 0 Å². The highest BCUT2D eigenvalue weighted by Crippen LogP contribution is 2.25. The summed E-state index contributed by atoms with van der Waals surface area (Å²) in [6.45, 7) is 9.95. The topological polar surface area (TPSA) is 297 Å². The number of aromatic amines is 1. The molecule has 0 spiro atoms. The molecule has 5 amide bonds. The molecule has 3 rings (SSSR count). The van der Waals surface area contributed by atoms with Gasteiger partial charge in [0, 0.05) is 43.7 Å². The van der Waals surface area contributed by atoms with E-state index >= 15 is 0 Å². The van der Waals surface area contributed by atoms with Gasteiger partial charge in [-0.2, -0.15) is 0 Å². The number of guanidine groups is 1. The smallest absolute Gasteiger partial charge is 0.326 e. The van der Waals surface area contributed by atoms with Crippen LogP contribution in [0.4, 0.5) is 0 Å². The summed E-state index contributed by atoms with van der Waals surface area (Å²) >= 11 is 0. The van der Waals surface area contributed by atoms with Crippen LogP contribution in [-0.4, -0.2) is 124 Å². The van der Waals surface area contributed by atoms with Crippen LogP contribution in [0.25, 0.3) is 10.9 Å². The number of H-pyrrole nitrogens is 1. The van der Waals surface area contributed by atoms with Gasteiger partial charge in [-0.25, -0.2) is 4.79 Å². The van der Waals surface area contributed by atoms with Gasteiger partial charge in [-0.3, -0.25) is 29.0 Å². The molecular weight excluding hydrogens is 759 g/mol. The van der Waals surface area contributed by atoms with Crippen molar-refractivity contribution in [1.29, 1.82) is 0 Å². The predicted molar refractivity (Wildman–Crippen MR) is 226 cm³/mol. The number of nitrogens with zero attached hydrogens (tertiary/aromatic N) is 3. The van der Waals surface area contributed by atoms with Crippen molar-refractivity contribution in [3.05, 3.63) is 36.0 Å². The number of para-hydroxylation sites is 1. The van der Waals surface area contributed by atoms with E-state index in [1.807, 2.05) is 38.1 Å². The first-order chi connectivity index (χ1) is 27.8. The first kappa shape index (κ1) is 48.1. The second-order valence-electron chi connectivity index (χ2n) is 17.0. The molecule has 59 heavy (non-hydrogen) atoms. The molecule has 1 aromatic carbocycles. The van der Waals surface area contributed by atoms with E-state index in [0.717, 1.165) is 21.4 Å². The standard InChI is InChI=1S/C41H67N11O7/c1-24(2)21-32(39(58)59)51(6)38(57)33(41(3,4)5)50-35(54)30(22-25-23-47-28-15-8-7-13-26(25)28)49-36(55)31-17-12-20-52(31)37(56)29(16-9-10-18-42)48-34(53)27(43)14-11-19-46-40(44)45/h7-8,13,15,23-24,27,29-33,47H,9-12,14,16-22,42-43H2,1-6H3,(H,48,53)(H,49,55)(H,50,54)(H,58,59)(H4,44,45,46)/t27-,29-,30-,31-,32-,33+/m0/s1. The summed E-state index contributed by atoms with van der Waals surface area (Å²) in [7, 11) is 1.42. The van der Waals surface area contributed by atoms with Crippen LogP contribution < -0.4 is 38.9 Å². The Hall–Kier alpha value is -5.23. The third-order valence-corrected chi connectivity index (χ3v) is 10.6. The maximum absolute atomic E-state index is 14.4. The van der Waals surface area contributed by atoms with Gasteiger partial charge >= 0.3 is 5.97 Å². The molecule has 1 fully saturated rings.